The summed E-state index contributed by atoms with van der Waals surface area (Å²) in [7, 11) is 0. The van der Waals surface area contributed by atoms with Crippen LogP contribution in [0, 0.1) is 11.6 Å². The molecule has 5 N–H and O–H groups in total. The molecule has 0 radical (unpaired) electrons. The fraction of sp³-hybridized carbons (Fsp3) is 0.367. The summed E-state index contributed by atoms with van der Waals surface area (Å²) in [4.78, 5) is 43.4. The normalized spacial score (nSPS) is 12.5. The summed E-state index contributed by atoms with van der Waals surface area (Å²) in [6, 6.07) is 9.79. The number of aliphatic hydroxyl groups is 1. The van der Waals surface area contributed by atoms with Crippen molar-refractivity contribution >= 4 is 17.7 Å². The fourth-order valence-electron chi connectivity index (χ4n) is 4.61. The van der Waals surface area contributed by atoms with E-state index < -0.39 is 35.6 Å². The molecule has 3 rings (SSSR count). The van der Waals surface area contributed by atoms with Crippen LogP contribution in [-0.4, -0.2) is 57.9 Å². The molecule has 3 amide bonds. The lowest BCUT2D eigenvalue weighted by molar-refractivity contribution is 0.0755. The van der Waals surface area contributed by atoms with Gasteiger partial charge in [-0.15, -0.1) is 0 Å². The van der Waals surface area contributed by atoms with Crippen LogP contribution in [0.5, 0.6) is 0 Å². The molecule has 0 aliphatic carbocycles. The summed E-state index contributed by atoms with van der Waals surface area (Å²) >= 11 is 0. The van der Waals surface area contributed by atoms with E-state index in [1.807, 2.05) is 26.0 Å². The van der Waals surface area contributed by atoms with Crippen molar-refractivity contribution in [3.63, 3.8) is 0 Å². The summed E-state index contributed by atoms with van der Waals surface area (Å²) in [5.74, 6) is -3.36. The lowest BCUT2D eigenvalue weighted by Gasteiger charge is -2.25. The monoisotopic (exact) mass is 554 g/mol. The van der Waals surface area contributed by atoms with E-state index in [0.29, 0.717) is 19.5 Å². The molecular formula is C30H36F2N4O4. The zero-order chi connectivity index (χ0) is 29.2. The van der Waals surface area contributed by atoms with Crippen LogP contribution in [0.15, 0.2) is 54.7 Å². The van der Waals surface area contributed by atoms with Crippen molar-refractivity contribution in [2.24, 2.45) is 5.73 Å². The molecule has 0 spiro atoms. The molecule has 0 aliphatic rings. The lowest BCUT2D eigenvalue weighted by atomic mass is 9.96. The van der Waals surface area contributed by atoms with Crippen LogP contribution in [0.1, 0.15) is 75.4 Å². The third-order valence-corrected chi connectivity index (χ3v) is 6.53. The largest absolute Gasteiger partial charge is 0.391 e. The van der Waals surface area contributed by atoms with Crippen LogP contribution in [-0.2, 0) is 12.8 Å². The highest BCUT2D eigenvalue weighted by atomic mass is 19.1. The lowest BCUT2D eigenvalue weighted by Crippen LogP contribution is -2.45. The van der Waals surface area contributed by atoms with Gasteiger partial charge in [0.15, 0.2) is 0 Å². The number of hydrogen-bond donors (Lipinski definition) is 4. The van der Waals surface area contributed by atoms with Gasteiger partial charge in [-0.25, -0.2) is 8.78 Å². The predicted octanol–water partition coefficient (Wildman–Crippen LogP) is 3.99. The Morgan fingerprint density at radius 1 is 0.975 bits per heavy atom. The molecule has 3 aromatic rings. The molecule has 1 aromatic heterocycles. The molecule has 0 bridgehead atoms. The Kier molecular flexibility index (Phi) is 11.0. The van der Waals surface area contributed by atoms with Crippen molar-refractivity contribution in [1.29, 1.82) is 0 Å². The van der Waals surface area contributed by atoms with Crippen molar-refractivity contribution in [1.82, 2.24) is 15.2 Å². The Labute approximate surface area is 232 Å². The van der Waals surface area contributed by atoms with E-state index in [4.69, 9.17) is 5.73 Å². The quantitative estimate of drug-likeness (QED) is 0.240. The number of benzene rings is 2. The number of aryl methyl sites for hydroxylation is 1. The predicted molar refractivity (Wildman–Crippen MR) is 148 cm³/mol. The molecule has 2 unspecified atom stereocenters. The maximum Gasteiger partial charge on any atom is 0.253 e. The molecule has 40 heavy (non-hydrogen) atoms. The van der Waals surface area contributed by atoms with Crippen LogP contribution < -0.4 is 11.1 Å². The Hall–Kier alpha value is -4.05. The highest BCUT2D eigenvalue weighted by Gasteiger charge is 2.25. The Balaban J connectivity index is 1.90. The average Bonchev–Trinajstić information content (AvgIpc) is 3.43. The van der Waals surface area contributed by atoms with Crippen LogP contribution in [0.25, 0.3) is 0 Å². The number of nitrogens with two attached hydrogens (primary N) is 1. The van der Waals surface area contributed by atoms with Gasteiger partial charge in [0.25, 0.3) is 11.8 Å². The first-order chi connectivity index (χ1) is 19.1. The van der Waals surface area contributed by atoms with E-state index in [9.17, 15) is 28.3 Å². The zero-order valence-electron chi connectivity index (χ0n) is 22.8. The Morgan fingerprint density at radius 3 is 2.17 bits per heavy atom. The van der Waals surface area contributed by atoms with E-state index in [1.165, 1.54) is 18.2 Å². The minimum absolute atomic E-state index is 0.000382. The van der Waals surface area contributed by atoms with Crippen molar-refractivity contribution in [3.05, 3.63) is 94.3 Å². The number of halogens is 2. The van der Waals surface area contributed by atoms with E-state index in [-0.39, 0.29) is 41.0 Å². The van der Waals surface area contributed by atoms with Crippen LogP contribution in [0.4, 0.5) is 8.78 Å². The summed E-state index contributed by atoms with van der Waals surface area (Å²) < 4.78 is 27.8. The van der Waals surface area contributed by atoms with Gasteiger partial charge >= 0.3 is 0 Å². The van der Waals surface area contributed by atoms with Crippen molar-refractivity contribution in [3.8, 4) is 0 Å². The third kappa shape index (κ3) is 8.47. The topological polar surface area (TPSA) is 129 Å². The average molecular weight is 555 g/mol. The molecule has 8 nitrogen and oxygen atoms in total. The molecular weight excluding hydrogens is 518 g/mol. The van der Waals surface area contributed by atoms with Gasteiger partial charge in [-0.05, 0) is 80.1 Å². The van der Waals surface area contributed by atoms with Gasteiger partial charge in [0, 0.05) is 47.7 Å². The molecule has 0 aliphatic heterocycles. The maximum atomic E-state index is 13.9. The van der Waals surface area contributed by atoms with E-state index >= 15 is 0 Å². The summed E-state index contributed by atoms with van der Waals surface area (Å²) in [6.45, 7) is 4.91. The molecule has 2 atom stereocenters. The van der Waals surface area contributed by atoms with Gasteiger partial charge in [-0.2, -0.15) is 0 Å². The number of nitrogens with zero attached hydrogens (tertiary/aromatic N) is 1. The van der Waals surface area contributed by atoms with Gasteiger partial charge < -0.3 is 26.0 Å². The Morgan fingerprint density at radius 2 is 1.60 bits per heavy atom. The van der Waals surface area contributed by atoms with Gasteiger partial charge in [0.05, 0.1) is 12.1 Å². The van der Waals surface area contributed by atoms with E-state index in [0.717, 1.165) is 36.7 Å². The maximum absolute atomic E-state index is 13.9. The summed E-state index contributed by atoms with van der Waals surface area (Å²) in [5, 5.41) is 13.8. The number of hydrogen-bond acceptors (Lipinski definition) is 4. The van der Waals surface area contributed by atoms with Gasteiger partial charge in [0.2, 0.25) is 5.91 Å². The number of amides is 3. The van der Waals surface area contributed by atoms with E-state index in [2.05, 4.69) is 10.3 Å². The highest BCUT2D eigenvalue weighted by molar-refractivity contribution is 6.04. The second kappa shape index (κ2) is 14.4. The van der Waals surface area contributed by atoms with Crippen LogP contribution in [0.3, 0.4) is 0 Å². The smallest absolute Gasteiger partial charge is 0.253 e. The minimum Gasteiger partial charge on any atom is -0.391 e. The number of primary amides is 1. The number of nitrogens with one attached hydrogen (secondary N) is 2. The number of H-pyrrole nitrogens is 1. The van der Waals surface area contributed by atoms with Gasteiger partial charge in [0.1, 0.15) is 11.6 Å². The SMILES string of the molecule is CCCN(CCC)C(=O)c1cc(C(N)=O)cc(C(=O)NC(Cc2cc(F)cc(F)c2)C(O)CCc2ccc[nH]2)c1. The Bertz CT molecular complexity index is 1290. The summed E-state index contributed by atoms with van der Waals surface area (Å²) in [5.41, 5.74) is 6.75. The third-order valence-electron chi connectivity index (χ3n) is 6.53. The number of aliphatic hydroxyl groups excluding tert-OH is 1. The van der Waals surface area contributed by atoms with Crippen LogP contribution >= 0.6 is 0 Å². The number of aromatic nitrogens is 1. The molecule has 2 aromatic carbocycles. The standard InChI is InChI=1S/C30H36F2N4O4/c1-3-10-36(11-4-2)30(40)22-16-20(28(33)38)15-21(17-22)29(39)35-26(14-19-12-23(31)18-24(32)13-19)27(37)8-7-25-6-5-9-34-25/h5-6,9,12-13,15-18,26-27,34,37H,3-4,7-8,10-11,14H2,1-2H3,(H2,33,38)(H,35,39). The fourth-order valence-corrected chi connectivity index (χ4v) is 4.61. The van der Waals surface area contributed by atoms with Crippen molar-refractivity contribution in [2.75, 3.05) is 13.1 Å². The second-order valence-corrected chi connectivity index (χ2v) is 9.82. The summed E-state index contributed by atoms with van der Waals surface area (Å²) in [6.07, 6.45) is 2.80. The zero-order valence-corrected chi connectivity index (χ0v) is 22.8. The van der Waals surface area contributed by atoms with E-state index in [1.54, 1.807) is 11.1 Å². The molecule has 214 valence electrons. The van der Waals surface area contributed by atoms with Gasteiger partial charge in [-0.3, -0.25) is 14.4 Å². The minimum atomic E-state index is -1.08. The first-order valence-electron chi connectivity index (χ1n) is 13.4. The molecule has 0 saturated heterocycles. The number of carbonyl (C=O) groups excluding carboxylic acids is 3. The number of rotatable bonds is 14. The van der Waals surface area contributed by atoms with Crippen molar-refractivity contribution in [2.45, 2.75) is 58.1 Å². The number of aromatic amines is 1. The number of carbonyl (C=O) groups is 3. The van der Waals surface area contributed by atoms with Gasteiger partial charge in [-0.1, -0.05) is 13.8 Å². The first-order valence-corrected chi connectivity index (χ1v) is 13.4. The molecule has 1 heterocycles. The first kappa shape index (κ1) is 30.5. The van der Waals surface area contributed by atoms with Crippen molar-refractivity contribution < 1.29 is 28.3 Å². The molecule has 0 saturated carbocycles. The highest BCUT2D eigenvalue weighted by Crippen LogP contribution is 2.18. The van der Waals surface area contributed by atoms with Crippen LogP contribution in [0.2, 0.25) is 0 Å². The molecule has 10 heteroatoms. The second-order valence-electron chi connectivity index (χ2n) is 9.82. The molecule has 0 fully saturated rings.